The summed E-state index contributed by atoms with van der Waals surface area (Å²) in [5, 5.41) is 0. The Labute approximate surface area is 95.7 Å². The van der Waals surface area contributed by atoms with Crippen LogP contribution in [0.4, 0.5) is 0 Å². The minimum atomic E-state index is 0.940. The number of rotatable bonds is 1. The molecule has 0 heterocycles. The fourth-order valence-corrected chi connectivity index (χ4v) is 2.54. The summed E-state index contributed by atoms with van der Waals surface area (Å²) in [5.74, 6) is 0.940. The van der Waals surface area contributed by atoms with Crippen molar-refractivity contribution in [1.82, 2.24) is 0 Å². The Hall–Kier alpha value is -1.76. The van der Waals surface area contributed by atoms with E-state index in [1.807, 2.05) is 6.07 Å². The van der Waals surface area contributed by atoms with E-state index in [0.29, 0.717) is 0 Å². The van der Waals surface area contributed by atoms with Gasteiger partial charge in [-0.1, -0.05) is 24.3 Å². The van der Waals surface area contributed by atoms with Gasteiger partial charge in [-0.05, 0) is 53.3 Å². The lowest BCUT2D eigenvalue weighted by atomic mass is 10.0. The minimum Gasteiger partial charge on any atom is -0.497 e. The quantitative estimate of drug-likeness (QED) is 0.596. The molecule has 0 unspecified atom stereocenters. The van der Waals surface area contributed by atoms with E-state index in [2.05, 4.69) is 37.3 Å². The molecule has 0 radical (unpaired) electrons. The molecule has 0 atom stereocenters. The van der Waals surface area contributed by atoms with Crippen LogP contribution in [-0.4, -0.2) is 7.11 Å². The fraction of sp³-hybridized carbons (Fsp3) is 0.200. The second-order valence-corrected chi connectivity index (χ2v) is 4.31. The van der Waals surface area contributed by atoms with Crippen molar-refractivity contribution >= 4 is 0 Å². The molecule has 1 heteroatoms. The molecule has 0 aromatic heterocycles. The maximum absolute atomic E-state index is 5.29. The van der Waals surface area contributed by atoms with Crippen LogP contribution < -0.4 is 4.74 Å². The first-order valence-corrected chi connectivity index (χ1v) is 5.55. The molecule has 0 N–H and O–H groups in total. The van der Waals surface area contributed by atoms with Crippen molar-refractivity contribution in [2.45, 2.75) is 13.3 Å². The first-order chi connectivity index (χ1) is 7.79. The third-order valence-corrected chi connectivity index (χ3v) is 3.33. The Morgan fingerprint density at radius 2 is 1.94 bits per heavy atom. The van der Waals surface area contributed by atoms with E-state index in [1.165, 1.54) is 27.8 Å². The lowest BCUT2D eigenvalue weighted by molar-refractivity contribution is 0.415. The van der Waals surface area contributed by atoms with Crippen LogP contribution in [0.5, 0.6) is 5.75 Å². The zero-order chi connectivity index (χ0) is 11.1. The predicted molar refractivity (Wildman–Crippen MR) is 66.0 cm³/mol. The number of aryl methyl sites for hydroxylation is 1. The topological polar surface area (TPSA) is 9.23 Å². The maximum atomic E-state index is 5.29. The summed E-state index contributed by atoms with van der Waals surface area (Å²) in [5.41, 5.74) is 6.93. The first-order valence-electron chi connectivity index (χ1n) is 5.55. The zero-order valence-corrected chi connectivity index (χ0v) is 9.58. The highest BCUT2D eigenvalue weighted by Gasteiger charge is 2.19. The third-order valence-electron chi connectivity index (χ3n) is 3.33. The second-order valence-electron chi connectivity index (χ2n) is 4.31. The summed E-state index contributed by atoms with van der Waals surface area (Å²) in [4.78, 5) is 0. The van der Waals surface area contributed by atoms with Crippen molar-refractivity contribution in [3.05, 3.63) is 53.1 Å². The second kappa shape index (κ2) is 3.38. The van der Waals surface area contributed by atoms with Crippen LogP contribution in [-0.2, 0) is 6.42 Å². The molecule has 0 bridgehead atoms. The van der Waals surface area contributed by atoms with Gasteiger partial charge in [0.05, 0.1) is 7.11 Å². The molecule has 1 nitrogen and oxygen atoms in total. The van der Waals surface area contributed by atoms with Crippen LogP contribution >= 0.6 is 0 Å². The molecule has 80 valence electrons. The molecule has 0 aliphatic heterocycles. The lowest BCUT2D eigenvalue weighted by Gasteiger charge is -2.06. The molecule has 0 saturated heterocycles. The Bertz CT molecular complexity index is 555. The highest BCUT2D eigenvalue weighted by molar-refractivity contribution is 5.80. The largest absolute Gasteiger partial charge is 0.497 e. The fourth-order valence-electron chi connectivity index (χ4n) is 2.54. The number of methoxy groups -OCH3 is 1. The molecule has 0 amide bonds. The highest BCUT2D eigenvalue weighted by Crippen LogP contribution is 2.40. The van der Waals surface area contributed by atoms with Crippen molar-refractivity contribution in [1.29, 1.82) is 0 Å². The highest BCUT2D eigenvalue weighted by atomic mass is 16.5. The van der Waals surface area contributed by atoms with E-state index < -0.39 is 0 Å². The summed E-state index contributed by atoms with van der Waals surface area (Å²) in [6.07, 6.45) is 1.05. The lowest BCUT2D eigenvalue weighted by Crippen LogP contribution is -1.85. The van der Waals surface area contributed by atoms with E-state index in [1.54, 1.807) is 7.11 Å². The van der Waals surface area contributed by atoms with E-state index in [-0.39, 0.29) is 0 Å². The van der Waals surface area contributed by atoms with Gasteiger partial charge in [0.1, 0.15) is 5.75 Å². The number of ether oxygens (including phenoxy) is 1. The summed E-state index contributed by atoms with van der Waals surface area (Å²) < 4.78 is 5.29. The third kappa shape index (κ3) is 1.25. The Kier molecular flexibility index (Phi) is 2.00. The van der Waals surface area contributed by atoms with E-state index in [9.17, 15) is 0 Å². The molecular formula is C15H14O. The monoisotopic (exact) mass is 210 g/mol. The van der Waals surface area contributed by atoms with Gasteiger partial charge in [-0.15, -0.1) is 0 Å². The van der Waals surface area contributed by atoms with Crippen molar-refractivity contribution in [2.75, 3.05) is 7.11 Å². The van der Waals surface area contributed by atoms with Gasteiger partial charge in [0.15, 0.2) is 0 Å². The molecule has 1 aliphatic rings. The van der Waals surface area contributed by atoms with Crippen LogP contribution in [0.3, 0.4) is 0 Å². The summed E-state index contributed by atoms with van der Waals surface area (Å²) >= 11 is 0. The molecule has 0 spiro atoms. The molecule has 3 rings (SSSR count). The normalized spacial score (nSPS) is 12.1. The molecule has 0 fully saturated rings. The van der Waals surface area contributed by atoms with Crippen LogP contribution in [0.25, 0.3) is 11.1 Å². The number of fused-ring (bicyclic) bond motifs is 3. The Morgan fingerprint density at radius 3 is 2.75 bits per heavy atom. The number of hydrogen-bond donors (Lipinski definition) is 0. The molecular weight excluding hydrogens is 196 g/mol. The smallest absolute Gasteiger partial charge is 0.119 e. The average Bonchev–Trinajstić information content (AvgIpc) is 2.67. The summed E-state index contributed by atoms with van der Waals surface area (Å²) in [6.45, 7) is 2.17. The summed E-state index contributed by atoms with van der Waals surface area (Å²) in [7, 11) is 1.72. The molecule has 2 aromatic rings. The SMILES string of the molecule is COc1ccc2c(c1)-c1c(C)cccc1C2. The Balaban J connectivity index is 2.26. The predicted octanol–water partition coefficient (Wildman–Crippen LogP) is 3.57. The number of hydrogen-bond acceptors (Lipinski definition) is 1. The van der Waals surface area contributed by atoms with Gasteiger partial charge in [0.2, 0.25) is 0 Å². The molecule has 2 aromatic carbocycles. The Morgan fingerprint density at radius 1 is 1.06 bits per heavy atom. The van der Waals surface area contributed by atoms with E-state index >= 15 is 0 Å². The van der Waals surface area contributed by atoms with Crippen LogP contribution in [0, 0.1) is 6.92 Å². The minimum absolute atomic E-state index is 0.940. The molecule has 16 heavy (non-hydrogen) atoms. The summed E-state index contributed by atoms with van der Waals surface area (Å²) in [6, 6.07) is 12.9. The van der Waals surface area contributed by atoms with Crippen LogP contribution in [0.15, 0.2) is 36.4 Å². The van der Waals surface area contributed by atoms with Gasteiger partial charge in [0, 0.05) is 0 Å². The van der Waals surface area contributed by atoms with Gasteiger partial charge in [-0.2, -0.15) is 0 Å². The van der Waals surface area contributed by atoms with Crippen molar-refractivity contribution in [3.8, 4) is 16.9 Å². The number of benzene rings is 2. The van der Waals surface area contributed by atoms with E-state index in [4.69, 9.17) is 4.74 Å². The molecule has 0 saturated carbocycles. The van der Waals surface area contributed by atoms with Crippen molar-refractivity contribution < 1.29 is 4.74 Å². The molecule has 1 aliphatic carbocycles. The van der Waals surface area contributed by atoms with Crippen LogP contribution in [0.2, 0.25) is 0 Å². The van der Waals surface area contributed by atoms with Crippen molar-refractivity contribution in [2.24, 2.45) is 0 Å². The average molecular weight is 210 g/mol. The van der Waals surface area contributed by atoms with Gasteiger partial charge >= 0.3 is 0 Å². The van der Waals surface area contributed by atoms with Gasteiger partial charge < -0.3 is 4.74 Å². The van der Waals surface area contributed by atoms with Gasteiger partial charge in [-0.25, -0.2) is 0 Å². The maximum Gasteiger partial charge on any atom is 0.119 e. The zero-order valence-electron chi connectivity index (χ0n) is 9.58. The van der Waals surface area contributed by atoms with E-state index in [0.717, 1.165) is 12.2 Å². The van der Waals surface area contributed by atoms with Crippen LogP contribution in [0.1, 0.15) is 16.7 Å². The first kappa shape index (κ1) is 9.46. The van der Waals surface area contributed by atoms with Gasteiger partial charge in [-0.3, -0.25) is 0 Å². The van der Waals surface area contributed by atoms with Crippen molar-refractivity contribution in [3.63, 3.8) is 0 Å². The van der Waals surface area contributed by atoms with Gasteiger partial charge in [0.25, 0.3) is 0 Å². The standard InChI is InChI=1S/C15H14O/c1-10-4-3-5-12-8-11-6-7-13(16-2)9-14(11)15(10)12/h3-7,9H,8H2,1-2H3.